The second-order valence-electron chi connectivity index (χ2n) is 4.99. The Morgan fingerprint density at radius 1 is 1.65 bits per heavy atom. The number of aliphatic hydroxyl groups is 1. The number of hydrogen-bond acceptors (Lipinski definition) is 3. The summed E-state index contributed by atoms with van der Waals surface area (Å²) in [7, 11) is 0. The number of aliphatic hydroxyl groups excluding tert-OH is 1. The summed E-state index contributed by atoms with van der Waals surface area (Å²) in [4.78, 5) is 13.9. The fourth-order valence-corrected chi connectivity index (χ4v) is 2.33. The van der Waals surface area contributed by atoms with Gasteiger partial charge in [-0.15, -0.1) is 6.58 Å². The number of piperazine rings is 1. The van der Waals surface area contributed by atoms with Gasteiger partial charge in [0.1, 0.15) is 0 Å². The van der Waals surface area contributed by atoms with Crippen LogP contribution in [0.3, 0.4) is 0 Å². The number of carbonyl (C=O) groups is 1. The highest BCUT2D eigenvalue weighted by atomic mass is 16.3. The first-order valence-corrected chi connectivity index (χ1v) is 6.37. The molecule has 2 N–H and O–H groups in total. The van der Waals surface area contributed by atoms with Crippen molar-refractivity contribution in [2.24, 2.45) is 5.92 Å². The molecule has 0 aromatic rings. The van der Waals surface area contributed by atoms with Crippen LogP contribution in [0.2, 0.25) is 0 Å². The first kappa shape index (κ1) is 14.2. The number of carbonyl (C=O) groups excluding carboxylic acids is 1. The SMILES string of the molecule is C=CCCC(O)CN1CCNC(=O)C1C(C)C. The molecule has 1 aliphatic rings. The predicted octanol–water partition coefficient (Wildman–Crippen LogP) is 0.770. The van der Waals surface area contributed by atoms with Gasteiger partial charge in [-0.05, 0) is 18.8 Å². The molecule has 17 heavy (non-hydrogen) atoms. The first-order chi connectivity index (χ1) is 8.06. The Labute approximate surface area is 104 Å². The number of hydrogen-bond donors (Lipinski definition) is 2. The number of nitrogens with one attached hydrogen (secondary N) is 1. The minimum atomic E-state index is -0.375. The third-order valence-electron chi connectivity index (χ3n) is 3.14. The molecule has 4 heteroatoms. The van der Waals surface area contributed by atoms with Crippen LogP contribution < -0.4 is 5.32 Å². The highest BCUT2D eigenvalue weighted by Gasteiger charge is 2.32. The van der Waals surface area contributed by atoms with Crippen LogP contribution >= 0.6 is 0 Å². The highest BCUT2D eigenvalue weighted by Crippen LogP contribution is 2.15. The summed E-state index contributed by atoms with van der Waals surface area (Å²) in [6.07, 6.45) is 2.96. The van der Waals surface area contributed by atoms with Gasteiger partial charge in [0.25, 0.3) is 0 Å². The molecule has 1 aliphatic heterocycles. The van der Waals surface area contributed by atoms with Crippen molar-refractivity contribution in [2.75, 3.05) is 19.6 Å². The molecule has 0 aromatic heterocycles. The Kier molecular flexibility index (Phi) is 5.65. The Morgan fingerprint density at radius 2 is 2.35 bits per heavy atom. The van der Waals surface area contributed by atoms with Crippen molar-refractivity contribution in [3.63, 3.8) is 0 Å². The molecule has 0 aliphatic carbocycles. The zero-order valence-electron chi connectivity index (χ0n) is 10.9. The molecule has 1 saturated heterocycles. The van der Waals surface area contributed by atoms with Gasteiger partial charge in [-0.1, -0.05) is 19.9 Å². The second-order valence-corrected chi connectivity index (χ2v) is 4.99. The molecular formula is C13H24N2O2. The van der Waals surface area contributed by atoms with Gasteiger partial charge < -0.3 is 10.4 Å². The summed E-state index contributed by atoms with van der Waals surface area (Å²) in [5.41, 5.74) is 0. The Balaban J connectivity index is 2.54. The number of allylic oxidation sites excluding steroid dienone is 1. The van der Waals surface area contributed by atoms with Gasteiger partial charge in [-0.2, -0.15) is 0 Å². The fraction of sp³-hybridized carbons (Fsp3) is 0.769. The van der Waals surface area contributed by atoms with Crippen LogP contribution in [0, 0.1) is 5.92 Å². The molecule has 0 radical (unpaired) electrons. The van der Waals surface area contributed by atoms with Crippen LogP contribution in [0.1, 0.15) is 26.7 Å². The van der Waals surface area contributed by atoms with Crippen molar-refractivity contribution < 1.29 is 9.90 Å². The Hall–Kier alpha value is -0.870. The van der Waals surface area contributed by atoms with Gasteiger partial charge in [0.15, 0.2) is 0 Å². The van der Waals surface area contributed by atoms with Crippen LogP contribution in [0.5, 0.6) is 0 Å². The standard InChI is InChI=1S/C13H24N2O2/c1-4-5-6-11(16)9-15-8-7-14-13(17)12(15)10(2)3/h4,10-12,16H,1,5-9H2,2-3H3,(H,14,17). The number of rotatable bonds is 6. The highest BCUT2D eigenvalue weighted by molar-refractivity contribution is 5.82. The molecule has 0 spiro atoms. The average Bonchev–Trinajstić information content (AvgIpc) is 2.25. The largest absolute Gasteiger partial charge is 0.392 e. The lowest BCUT2D eigenvalue weighted by molar-refractivity contribution is -0.131. The van der Waals surface area contributed by atoms with Gasteiger partial charge in [-0.25, -0.2) is 0 Å². The molecule has 1 amide bonds. The molecule has 0 aromatic carbocycles. The predicted molar refractivity (Wildman–Crippen MR) is 68.6 cm³/mol. The van der Waals surface area contributed by atoms with Crippen LogP contribution in [-0.4, -0.2) is 47.7 Å². The number of nitrogens with zero attached hydrogens (tertiary/aromatic N) is 1. The third kappa shape index (κ3) is 4.13. The minimum absolute atomic E-state index is 0.0853. The van der Waals surface area contributed by atoms with Crippen molar-refractivity contribution in [1.29, 1.82) is 0 Å². The van der Waals surface area contributed by atoms with Crippen LogP contribution in [0.4, 0.5) is 0 Å². The Morgan fingerprint density at radius 3 is 2.94 bits per heavy atom. The molecule has 1 heterocycles. The van der Waals surface area contributed by atoms with Gasteiger partial charge in [0.2, 0.25) is 5.91 Å². The van der Waals surface area contributed by atoms with E-state index in [9.17, 15) is 9.90 Å². The van der Waals surface area contributed by atoms with Gasteiger partial charge >= 0.3 is 0 Å². The van der Waals surface area contributed by atoms with E-state index in [-0.39, 0.29) is 24.0 Å². The van der Waals surface area contributed by atoms with E-state index in [1.165, 1.54) is 0 Å². The molecular weight excluding hydrogens is 216 g/mol. The maximum atomic E-state index is 11.8. The molecule has 0 saturated carbocycles. The molecule has 1 fully saturated rings. The van der Waals surface area contributed by atoms with Crippen molar-refractivity contribution in [3.05, 3.63) is 12.7 Å². The summed E-state index contributed by atoms with van der Waals surface area (Å²) in [5.74, 6) is 0.351. The van der Waals surface area contributed by atoms with E-state index in [2.05, 4.69) is 16.8 Å². The van der Waals surface area contributed by atoms with Crippen molar-refractivity contribution in [1.82, 2.24) is 10.2 Å². The number of amides is 1. The van der Waals surface area contributed by atoms with E-state index < -0.39 is 0 Å². The topological polar surface area (TPSA) is 52.6 Å². The summed E-state index contributed by atoms with van der Waals surface area (Å²) >= 11 is 0. The lowest BCUT2D eigenvalue weighted by atomic mass is 9.99. The van der Waals surface area contributed by atoms with Crippen LogP contribution in [0.25, 0.3) is 0 Å². The van der Waals surface area contributed by atoms with E-state index in [0.29, 0.717) is 19.5 Å². The van der Waals surface area contributed by atoms with E-state index in [4.69, 9.17) is 0 Å². The monoisotopic (exact) mass is 240 g/mol. The van der Waals surface area contributed by atoms with Crippen molar-refractivity contribution in [3.8, 4) is 0 Å². The first-order valence-electron chi connectivity index (χ1n) is 6.37. The third-order valence-corrected chi connectivity index (χ3v) is 3.14. The summed E-state index contributed by atoms with van der Waals surface area (Å²) < 4.78 is 0. The quantitative estimate of drug-likeness (QED) is 0.674. The summed E-state index contributed by atoms with van der Waals surface area (Å²) in [5, 5.41) is 12.8. The van der Waals surface area contributed by atoms with Gasteiger partial charge in [0, 0.05) is 19.6 Å². The zero-order valence-corrected chi connectivity index (χ0v) is 10.9. The lowest BCUT2D eigenvalue weighted by Crippen LogP contribution is -2.58. The average molecular weight is 240 g/mol. The molecule has 0 bridgehead atoms. The van der Waals surface area contributed by atoms with Gasteiger partial charge in [-0.3, -0.25) is 9.69 Å². The van der Waals surface area contributed by atoms with E-state index in [0.717, 1.165) is 13.0 Å². The van der Waals surface area contributed by atoms with E-state index in [1.807, 2.05) is 19.9 Å². The van der Waals surface area contributed by atoms with Crippen LogP contribution in [0.15, 0.2) is 12.7 Å². The van der Waals surface area contributed by atoms with Crippen LogP contribution in [-0.2, 0) is 4.79 Å². The van der Waals surface area contributed by atoms with Gasteiger partial charge in [0.05, 0.1) is 12.1 Å². The number of β-amino-alcohol motifs (C(OH)–C–C–N with tert-alkyl or cyclic N) is 1. The van der Waals surface area contributed by atoms with Crippen molar-refractivity contribution >= 4 is 5.91 Å². The fourth-order valence-electron chi connectivity index (χ4n) is 2.33. The molecule has 98 valence electrons. The molecule has 4 nitrogen and oxygen atoms in total. The minimum Gasteiger partial charge on any atom is -0.392 e. The van der Waals surface area contributed by atoms with E-state index >= 15 is 0 Å². The molecule has 2 unspecified atom stereocenters. The summed E-state index contributed by atoms with van der Waals surface area (Å²) in [6, 6.07) is -0.109. The maximum absolute atomic E-state index is 11.8. The summed E-state index contributed by atoms with van der Waals surface area (Å²) in [6.45, 7) is 9.80. The smallest absolute Gasteiger partial charge is 0.237 e. The molecule has 2 atom stereocenters. The normalized spacial score (nSPS) is 23.5. The Bertz CT molecular complexity index is 266. The molecule has 1 rings (SSSR count). The van der Waals surface area contributed by atoms with Crippen molar-refractivity contribution in [2.45, 2.75) is 38.8 Å². The second kappa shape index (κ2) is 6.77. The van der Waals surface area contributed by atoms with E-state index in [1.54, 1.807) is 0 Å². The zero-order chi connectivity index (χ0) is 12.8. The lowest BCUT2D eigenvalue weighted by Gasteiger charge is -2.38. The maximum Gasteiger partial charge on any atom is 0.237 e.